The highest BCUT2D eigenvalue weighted by molar-refractivity contribution is 6.04. The molecule has 2 aromatic rings. The van der Waals surface area contributed by atoms with Gasteiger partial charge in [0.2, 0.25) is 0 Å². The highest BCUT2D eigenvalue weighted by atomic mass is 16.1. The first-order valence-electron chi connectivity index (χ1n) is 6.29. The molecule has 0 atom stereocenters. The molecule has 2 rings (SSSR count). The summed E-state index contributed by atoms with van der Waals surface area (Å²) in [5.41, 5.74) is 3.76. The number of anilines is 2. The van der Waals surface area contributed by atoms with E-state index in [0.717, 1.165) is 5.69 Å². The lowest BCUT2D eigenvalue weighted by atomic mass is 10.1. The van der Waals surface area contributed by atoms with Gasteiger partial charge in [0.15, 0.2) is 5.82 Å². The van der Waals surface area contributed by atoms with Crippen LogP contribution in [0.25, 0.3) is 0 Å². The number of nitrogens with two attached hydrogens (primary N) is 1. The molecule has 0 saturated carbocycles. The summed E-state index contributed by atoms with van der Waals surface area (Å²) in [6.07, 6.45) is 1.76. The number of pyridine rings is 1. The van der Waals surface area contributed by atoms with Crippen LogP contribution in [0.2, 0.25) is 0 Å². The topological polar surface area (TPSA) is 97.9 Å². The second-order valence-electron chi connectivity index (χ2n) is 4.79. The molecule has 0 aliphatic heterocycles. The van der Waals surface area contributed by atoms with Crippen LogP contribution >= 0.6 is 0 Å². The van der Waals surface area contributed by atoms with Gasteiger partial charge < -0.3 is 10.7 Å². The van der Waals surface area contributed by atoms with Crippen LogP contribution in [-0.2, 0) is 7.05 Å². The monoisotopic (exact) mass is 274 g/mol. The highest BCUT2D eigenvalue weighted by Crippen LogP contribution is 2.18. The number of nitrogen functional groups attached to an aromatic ring is 1. The zero-order chi connectivity index (χ0) is 14.7. The van der Waals surface area contributed by atoms with E-state index in [2.05, 4.69) is 20.8 Å². The summed E-state index contributed by atoms with van der Waals surface area (Å²) < 4.78 is 1.62. The molecule has 0 aliphatic carbocycles. The first kappa shape index (κ1) is 14.0. The number of hydrazine groups is 1. The third-order valence-electron chi connectivity index (χ3n) is 2.80. The van der Waals surface area contributed by atoms with Crippen LogP contribution in [0.5, 0.6) is 0 Å². The van der Waals surface area contributed by atoms with E-state index in [0.29, 0.717) is 17.2 Å². The zero-order valence-electron chi connectivity index (χ0n) is 11.7. The summed E-state index contributed by atoms with van der Waals surface area (Å²) in [5.74, 6) is 6.30. The van der Waals surface area contributed by atoms with Crippen molar-refractivity contribution in [1.82, 2.24) is 14.8 Å². The molecule has 2 aromatic heterocycles. The molecule has 0 fully saturated rings. The van der Waals surface area contributed by atoms with Crippen LogP contribution in [0, 0.1) is 0 Å². The Kier molecular flexibility index (Phi) is 3.99. The molecule has 4 N–H and O–H groups in total. The summed E-state index contributed by atoms with van der Waals surface area (Å²) in [4.78, 5) is 16.5. The van der Waals surface area contributed by atoms with Crippen molar-refractivity contribution >= 4 is 17.5 Å². The number of amides is 1. The maximum absolute atomic E-state index is 12.2. The van der Waals surface area contributed by atoms with Crippen LogP contribution in [0.15, 0.2) is 24.4 Å². The first-order chi connectivity index (χ1) is 9.49. The molecule has 0 saturated heterocycles. The fourth-order valence-corrected chi connectivity index (χ4v) is 1.72. The molecular formula is C13H18N6O. The standard InChI is InChI=1S/C13H18N6O/c1-8(2)10-6-9(7-12(15-10)17-14)13(20)16-11-4-5-19(3)18-11/h4-8H,14H2,1-3H3,(H,15,17)(H,16,18,20). The smallest absolute Gasteiger partial charge is 0.257 e. The Balaban J connectivity index is 2.26. The second-order valence-corrected chi connectivity index (χ2v) is 4.79. The van der Waals surface area contributed by atoms with Gasteiger partial charge in [-0.3, -0.25) is 9.48 Å². The molecular weight excluding hydrogens is 256 g/mol. The van der Waals surface area contributed by atoms with Crippen molar-refractivity contribution in [3.8, 4) is 0 Å². The minimum Gasteiger partial charge on any atom is -0.308 e. The van der Waals surface area contributed by atoms with Gasteiger partial charge in [-0.2, -0.15) is 5.10 Å². The van der Waals surface area contributed by atoms with Crippen LogP contribution in [0.3, 0.4) is 0 Å². The average Bonchev–Trinajstić information content (AvgIpc) is 2.83. The van der Waals surface area contributed by atoms with Gasteiger partial charge in [0.1, 0.15) is 5.82 Å². The van der Waals surface area contributed by atoms with Crippen LogP contribution in [-0.4, -0.2) is 20.7 Å². The number of aryl methyl sites for hydroxylation is 1. The van der Waals surface area contributed by atoms with Crippen molar-refractivity contribution in [2.45, 2.75) is 19.8 Å². The summed E-state index contributed by atoms with van der Waals surface area (Å²) in [6, 6.07) is 5.08. The quantitative estimate of drug-likeness (QED) is 0.579. The van der Waals surface area contributed by atoms with Crippen molar-refractivity contribution in [3.63, 3.8) is 0 Å². The van der Waals surface area contributed by atoms with Crippen molar-refractivity contribution in [2.24, 2.45) is 12.9 Å². The molecule has 1 amide bonds. The molecule has 106 valence electrons. The molecule has 0 aromatic carbocycles. The van der Waals surface area contributed by atoms with Crippen LogP contribution < -0.4 is 16.6 Å². The molecule has 0 bridgehead atoms. The third kappa shape index (κ3) is 3.12. The van der Waals surface area contributed by atoms with Gasteiger partial charge in [-0.15, -0.1) is 0 Å². The van der Waals surface area contributed by atoms with Gasteiger partial charge in [-0.25, -0.2) is 10.8 Å². The Morgan fingerprint density at radius 3 is 2.65 bits per heavy atom. The maximum atomic E-state index is 12.2. The van der Waals surface area contributed by atoms with E-state index >= 15 is 0 Å². The molecule has 7 nitrogen and oxygen atoms in total. The Morgan fingerprint density at radius 2 is 2.10 bits per heavy atom. The highest BCUT2D eigenvalue weighted by Gasteiger charge is 2.12. The first-order valence-corrected chi connectivity index (χ1v) is 6.29. The van der Waals surface area contributed by atoms with Crippen LogP contribution in [0.4, 0.5) is 11.6 Å². The zero-order valence-corrected chi connectivity index (χ0v) is 11.7. The van der Waals surface area contributed by atoms with Crippen molar-refractivity contribution in [2.75, 3.05) is 10.7 Å². The molecule has 7 heteroatoms. The van der Waals surface area contributed by atoms with E-state index in [1.165, 1.54) is 0 Å². The SMILES string of the molecule is CC(C)c1cc(C(=O)Nc2ccn(C)n2)cc(NN)n1. The average molecular weight is 274 g/mol. The molecule has 20 heavy (non-hydrogen) atoms. The lowest BCUT2D eigenvalue weighted by Gasteiger charge is -2.10. The number of hydrogen-bond donors (Lipinski definition) is 3. The lowest BCUT2D eigenvalue weighted by molar-refractivity contribution is 0.102. The third-order valence-corrected chi connectivity index (χ3v) is 2.80. The predicted octanol–water partition coefficient (Wildman–Crippen LogP) is 1.48. The molecule has 0 spiro atoms. The maximum Gasteiger partial charge on any atom is 0.257 e. The largest absolute Gasteiger partial charge is 0.308 e. The Bertz CT molecular complexity index is 619. The number of nitrogens with zero attached hydrogens (tertiary/aromatic N) is 3. The number of carbonyl (C=O) groups is 1. The Morgan fingerprint density at radius 1 is 1.35 bits per heavy atom. The summed E-state index contributed by atoms with van der Waals surface area (Å²) >= 11 is 0. The fraction of sp³-hybridized carbons (Fsp3) is 0.308. The summed E-state index contributed by atoms with van der Waals surface area (Å²) in [6.45, 7) is 4.01. The van der Waals surface area contributed by atoms with E-state index in [4.69, 9.17) is 5.84 Å². The van der Waals surface area contributed by atoms with Gasteiger partial charge in [0.25, 0.3) is 5.91 Å². The van der Waals surface area contributed by atoms with Crippen molar-refractivity contribution in [1.29, 1.82) is 0 Å². The molecule has 0 aliphatic rings. The second kappa shape index (κ2) is 5.70. The van der Waals surface area contributed by atoms with E-state index in [9.17, 15) is 4.79 Å². The van der Waals surface area contributed by atoms with Crippen molar-refractivity contribution < 1.29 is 4.79 Å². The van der Waals surface area contributed by atoms with Gasteiger partial charge in [0.05, 0.1) is 0 Å². The lowest BCUT2D eigenvalue weighted by Crippen LogP contribution is -2.16. The van der Waals surface area contributed by atoms with Gasteiger partial charge in [0, 0.05) is 30.6 Å². The van der Waals surface area contributed by atoms with Gasteiger partial charge in [-0.1, -0.05) is 13.8 Å². The van der Waals surface area contributed by atoms with E-state index in [-0.39, 0.29) is 11.8 Å². The number of rotatable bonds is 4. The summed E-state index contributed by atoms with van der Waals surface area (Å²) in [7, 11) is 1.79. The molecule has 0 radical (unpaired) electrons. The summed E-state index contributed by atoms with van der Waals surface area (Å²) in [5, 5.41) is 6.83. The number of carbonyl (C=O) groups excluding carboxylic acids is 1. The minimum atomic E-state index is -0.246. The van der Waals surface area contributed by atoms with E-state index in [1.807, 2.05) is 13.8 Å². The van der Waals surface area contributed by atoms with Crippen LogP contribution in [0.1, 0.15) is 35.8 Å². The fourth-order valence-electron chi connectivity index (χ4n) is 1.72. The molecule has 0 unspecified atom stereocenters. The van der Waals surface area contributed by atoms with E-state index in [1.54, 1.807) is 36.1 Å². The van der Waals surface area contributed by atoms with E-state index < -0.39 is 0 Å². The normalized spacial score (nSPS) is 10.7. The Hall–Kier alpha value is -2.41. The number of aromatic nitrogens is 3. The minimum absolute atomic E-state index is 0.199. The predicted molar refractivity (Wildman–Crippen MR) is 77.3 cm³/mol. The van der Waals surface area contributed by atoms with Gasteiger partial charge >= 0.3 is 0 Å². The number of hydrogen-bond acceptors (Lipinski definition) is 5. The molecule has 2 heterocycles. The van der Waals surface area contributed by atoms with Gasteiger partial charge in [-0.05, 0) is 18.1 Å². The number of nitrogens with one attached hydrogen (secondary N) is 2. The Labute approximate surface area is 117 Å². The van der Waals surface area contributed by atoms with Crippen molar-refractivity contribution in [3.05, 3.63) is 35.7 Å².